The van der Waals surface area contributed by atoms with E-state index in [1.54, 1.807) is 20.8 Å². The van der Waals surface area contributed by atoms with Crippen LogP contribution in [0.2, 0.25) is 0 Å². The van der Waals surface area contributed by atoms with Gasteiger partial charge < -0.3 is 14.4 Å². The number of unbranched alkanes of at least 4 members (excludes halogenated alkanes) is 1. The predicted molar refractivity (Wildman–Crippen MR) is 137 cm³/mol. The monoisotopic (exact) mass is 503 g/mol. The summed E-state index contributed by atoms with van der Waals surface area (Å²) in [5.74, 6) is -0.572. The Morgan fingerprint density at radius 1 is 1.06 bits per heavy atom. The van der Waals surface area contributed by atoms with Gasteiger partial charge in [-0.15, -0.1) is 0 Å². The number of ether oxygens (including phenoxy) is 2. The highest BCUT2D eigenvalue weighted by Crippen LogP contribution is 2.37. The van der Waals surface area contributed by atoms with Crippen LogP contribution in [-0.2, 0) is 30.5 Å². The number of amides is 1. The van der Waals surface area contributed by atoms with Crippen molar-refractivity contribution in [2.24, 2.45) is 5.41 Å². The van der Waals surface area contributed by atoms with E-state index in [-0.39, 0.29) is 24.5 Å². The van der Waals surface area contributed by atoms with Gasteiger partial charge in [-0.05, 0) is 62.8 Å². The second-order valence-electron chi connectivity index (χ2n) is 10.6. The number of hydrogen-bond donors (Lipinski definition) is 0. The number of hydrogen-bond acceptors (Lipinski definition) is 6. The fourth-order valence-electron chi connectivity index (χ4n) is 4.80. The first kappa shape index (κ1) is 27.0. The van der Waals surface area contributed by atoms with Crippen LogP contribution in [0.3, 0.4) is 0 Å². The van der Waals surface area contributed by atoms with Gasteiger partial charge in [0.2, 0.25) is 0 Å². The van der Waals surface area contributed by atoms with Crippen LogP contribution in [0.1, 0.15) is 52.0 Å². The van der Waals surface area contributed by atoms with Crippen LogP contribution >= 0.6 is 0 Å². The zero-order valence-electron chi connectivity index (χ0n) is 21.2. The Hall–Kier alpha value is -2.61. The summed E-state index contributed by atoms with van der Waals surface area (Å²) in [7, 11) is -2.15. The first-order valence-corrected chi connectivity index (χ1v) is 14.0. The van der Waals surface area contributed by atoms with Gasteiger partial charge in [0.1, 0.15) is 5.60 Å². The molecule has 7 nitrogen and oxygen atoms in total. The summed E-state index contributed by atoms with van der Waals surface area (Å²) in [6, 6.07) is 14.4. The smallest absolute Gasteiger partial charge is 0.410 e. The van der Waals surface area contributed by atoms with Gasteiger partial charge in [-0.2, -0.15) is 0 Å². The Morgan fingerprint density at radius 3 is 2.49 bits per heavy atom. The third kappa shape index (κ3) is 7.69. The molecule has 0 aliphatic carbocycles. The van der Waals surface area contributed by atoms with Gasteiger partial charge in [0, 0.05) is 18.5 Å². The molecule has 1 heterocycles. The SMILES string of the molecule is COC(=O)CC1(CS(=O)(=O)CCCCc2cccc3ccccc23)CCN(C(=O)OC(C)(C)C)C1. The molecule has 1 atom stereocenters. The number of rotatable bonds is 9. The lowest BCUT2D eigenvalue weighted by Crippen LogP contribution is -2.40. The lowest BCUT2D eigenvalue weighted by atomic mass is 9.86. The predicted octanol–water partition coefficient (Wildman–Crippen LogP) is 4.77. The van der Waals surface area contributed by atoms with Crippen LogP contribution < -0.4 is 0 Å². The van der Waals surface area contributed by atoms with E-state index in [9.17, 15) is 18.0 Å². The minimum absolute atomic E-state index is 0.0436. The maximum atomic E-state index is 13.1. The molecule has 35 heavy (non-hydrogen) atoms. The molecule has 0 radical (unpaired) electrons. The van der Waals surface area contributed by atoms with Gasteiger partial charge in [0.05, 0.1) is 25.0 Å². The average molecular weight is 504 g/mol. The van der Waals surface area contributed by atoms with E-state index in [0.29, 0.717) is 19.4 Å². The number of sulfone groups is 1. The molecule has 1 aliphatic heterocycles. The van der Waals surface area contributed by atoms with Crippen molar-refractivity contribution >= 4 is 32.7 Å². The molecular weight excluding hydrogens is 466 g/mol. The molecule has 0 aromatic heterocycles. The highest BCUT2D eigenvalue weighted by molar-refractivity contribution is 7.91. The largest absolute Gasteiger partial charge is 0.469 e. The Balaban J connectivity index is 1.61. The summed E-state index contributed by atoms with van der Waals surface area (Å²) in [5.41, 5.74) is -0.300. The minimum Gasteiger partial charge on any atom is -0.469 e. The van der Waals surface area contributed by atoms with E-state index >= 15 is 0 Å². The van der Waals surface area contributed by atoms with E-state index in [2.05, 4.69) is 24.3 Å². The molecule has 8 heteroatoms. The van der Waals surface area contributed by atoms with E-state index < -0.39 is 32.9 Å². The van der Waals surface area contributed by atoms with Gasteiger partial charge in [-0.1, -0.05) is 42.5 Å². The van der Waals surface area contributed by atoms with Crippen LogP contribution in [0.25, 0.3) is 10.8 Å². The highest BCUT2D eigenvalue weighted by Gasteiger charge is 2.45. The molecule has 1 fully saturated rings. The molecular formula is C27H37NO6S. The third-order valence-corrected chi connectivity index (χ3v) is 8.36. The molecule has 1 saturated heterocycles. The van der Waals surface area contributed by atoms with Crippen LogP contribution in [-0.4, -0.2) is 62.7 Å². The van der Waals surface area contributed by atoms with Crippen molar-refractivity contribution in [1.82, 2.24) is 4.90 Å². The zero-order valence-corrected chi connectivity index (χ0v) is 22.0. The van der Waals surface area contributed by atoms with E-state index in [1.165, 1.54) is 28.3 Å². The molecule has 0 saturated carbocycles. The van der Waals surface area contributed by atoms with Crippen molar-refractivity contribution in [2.75, 3.05) is 31.7 Å². The van der Waals surface area contributed by atoms with Crippen molar-refractivity contribution in [2.45, 2.75) is 58.5 Å². The lowest BCUT2D eigenvalue weighted by molar-refractivity contribution is -0.142. The molecule has 2 aromatic carbocycles. The molecule has 1 aliphatic rings. The molecule has 1 amide bonds. The summed E-state index contributed by atoms with van der Waals surface area (Å²) < 4.78 is 36.5. The maximum absolute atomic E-state index is 13.1. The quantitative estimate of drug-likeness (QED) is 0.362. The summed E-state index contributed by atoms with van der Waals surface area (Å²) in [5, 5.41) is 2.38. The number of nitrogens with zero attached hydrogens (tertiary/aromatic N) is 1. The first-order valence-electron chi connectivity index (χ1n) is 12.1. The zero-order chi connectivity index (χ0) is 25.7. The first-order chi connectivity index (χ1) is 16.4. The second kappa shape index (κ2) is 11.0. The molecule has 0 bridgehead atoms. The molecule has 3 rings (SSSR count). The van der Waals surface area contributed by atoms with Gasteiger partial charge in [0.25, 0.3) is 0 Å². The number of esters is 1. The number of aryl methyl sites for hydroxylation is 1. The summed E-state index contributed by atoms with van der Waals surface area (Å²) in [4.78, 5) is 26.2. The van der Waals surface area contributed by atoms with E-state index in [0.717, 1.165) is 12.8 Å². The molecule has 1 unspecified atom stereocenters. The van der Waals surface area contributed by atoms with Crippen molar-refractivity contribution in [3.63, 3.8) is 0 Å². The van der Waals surface area contributed by atoms with Gasteiger partial charge in [0.15, 0.2) is 9.84 Å². The fraction of sp³-hybridized carbons (Fsp3) is 0.556. The number of benzene rings is 2. The number of fused-ring (bicyclic) bond motifs is 1. The Morgan fingerprint density at radius 2 is 1.77 bits per heavy atom. The van der Waals surface area contributed by atoms with Crippen molar-refractivity contribution in [3.05, 3.63) is 48.0 Å². The van der Waals surface area contributed by atoms with E-state index in [1.807, 2.05) is 18.2 Å². The number of carbonyl (C=O) groups is 2. The van der Waals surface area contributed by atoms with Crippen LogP contribution in [0.15, 0.2) is 42.5 Å². The van der Waals surface area contributed by atoms with Gasteiger partial charge in [-0.25, -0.2) is 13.2 Å². The van der Waals surface area contributed by atoms with Crippen molar-refractivity contribution in [1.29, 1.82) is 0 Å². The maximum Gasteiger partial charge on any atom is 0.410 e. The van der Waals surface area contributed by atoms with Gasteiger partial charge in [-0.3, -0.25) is 4.79 Å². The average Bonchev–Trinajstić information content (AvgIpc) is 3.18. The normalized spacial score (nSPS) is 18.6. The van der Waals surface area contributed by atoms with E-state index in [4.69, 9.17) is 9.47 Å². The summed E-state index contributed by atoms with van der Waals surface area (Å²) in [6.45, 7) is 5.86. The highest BCUT2D eigenvalue weighted by atomic mass is 32.2. The Labute approximate surface area is 208 Å². The molecule has 2 aromatic rings. The third-order valence-electron chi connectivity index (χ3n) is 6.39. The Bertz CT molecular complexity index is 1150. The van der Waals surface area contributed by atoms with Crippen LogP contribution in [0.5, 0.6) is 0 Å². The van der Waals surface area contributed by atoms with Crippen molar-refractivity contribution < 1.29 is 27.5 Å². The molecule has 0 spiro atoms. The van der Waals surface area contributed by atoms with Crippen molar-refractivity contribution in [3.8, 4) is 0 Å². The summed E-state index contributed by atoms with van der Waals surface area (Å²) in [6.07, 6.45) is 1.97. The number of likely N-dealkylation sites (tertiary alicyclic amines) is 1. The number of carbonyl (C=O) groups excluding carboxylic acids is 2. The summed E-state index contributed by atoms with van der Waals surface area (Å²) >= 11 is 0. The second-order valence-corrected chi connectivity index (χ2v) is 12.8. The molecule has 192 valence electrons. The van der Waals surface area contributed by atoms with Gasteiger partial charge >= 0.3 is 12.1 Å². The molecule has 0 N–H and O–H groups in total. The lowest BCUT2D eigenvalue weighted by Gasteiger charge is -2.29. The number of methoxy groups -OCH3 is 1. The minimum atomic E-state index is -3.45. The van der Waals surface area contributed by atoms with Crippen LogP contribution in [0.4, 0.5) is 4.79 Å². The van der Waals surface area contributed by atoms with Crippen LogP contribution in [0, 0.1) is 5.41 Å². The Kier molecular flexibility index (Phi) is 8.46. The fourth-order valence-corrected chi connectivity index (χ4v) is 6.85. The topological polar surface area (TPSA) is 90.0 Å². The standard InChI is InChI=1S/C27H37NO6S/c1-26(2,3)34-25(30)28-16-15-27(19-28,18-24(29)33-4)20-35(31,32)17-8-7-11-22-13-9-12-21-10-5-6-14-23(21)22/h5-6,9-10,12-14H,7-8,11,15-20H2,1-4H3.